The van der Waals surface area contributed by atoms with E-state index in [0.717, 1.165) is 16.6 Å². The first-order chi connectivity index (χ1) is 9.72. The van der Waals surface area contributed by atoms with Gasteiger partial charge in [-0.25, -0.2) is 9.78 Å². The highest BCUT2D eigenvalue weighted by Crippen LogP contribution is 2.30. The van der Waals surface area contributed by atoms with Gasteiger partial charge in [0.2, 0.25) is 0 Å². The van der Waals surface area contributed by atoms with Gasteiger partial charge in [0.1, 0.15) is 11.6 Å². The number of nitrogens with one attached hydrogen (secondary N) is 1. The van der Waals surface area contributed by atoms with Crippen LogP contribution in [0.2, 0.25) is 0 Å². The summed E-state index contributed by atoms with van der Waals surface area (Å²) in [6, 6.07) is 12.7. The van der Waals surface area contributed by atoms with Crippen molar-refractivity contribution in [3.63, 3.8) is 0 Å². The second-order valence-corrected chi connectivity index (χ2v) is 4.53. The molecule has 1 N–H and O–H groups in total. The standard InChI is InChI=1S/C15H8N2O3/c18-13-9-7-8(5-6-12(9)20-15(13)19)14-16-10-3-1-2-4-11(10)17-14/h1-7H,(H,16,17). The number of Topliss-reactive ketones (excluding diaryl/α,β-unsaturated/α-hetero) is 1. The van der Waals surface area contributed by atoms with E-state index in [0.29, 0.717) is 11.6 Å². The van der Waals surface area contributed by atoms with E-state index >= 15 is 0 Å². The van der Waals surface area contributed by atoms with E-state index in [1.165, 1.54) is 0 Å². The third-order valence-corrected chi connectivity index (χ3v) is 3.28. The van der Waals surface area contributed by atoms with Crippen LogP contribution in [0.4, 0.5) is 0 Å². The van der Waals surface area contributed by atoms with Crippen LogP contribution in [0.25, 0.3) is 22.4 Å². The molecule has 0 radical (unpaired) electrons. The SMILES string of the molecule is O=C1Oc2ccc(-c3nc4ccccc4[nH]3)cc2C1=O. The van der Waals surface area contributed by atoms with Crippen molar-refractivity contribution in [2.75, 3.05) is 0 Å². The van der Waals surface area contributed by atoms with Gasteiger partial charge in [-0.3, -0.25) is 4.79 Å². The second kappa shape index (κ2) is 3.77. The number of nitrogens with zero attached hydrogens (tertiary/aromatic N) is 1. The zero-order chi connectivity index (χ0) is 13.7. The van der Waals surface area contributed by atoms with Crippen LogP contribution in [-0.4, -0.2) is 21.7 Å². The number of rotatable bonds is 1. The summed E-state index contributed by atoms with van der Waals surface area (Å²) in [6.07, 6.45) is 0. The fourth-order valence-electron chi connectivity index (χ4n) is 2.29. The summed E-state index contributed by atoms with van der Waals surface area (Å²) in [7, 11) is 0. The fourth-order valence-corrected chi connectivity index (χ4v) is 2.29. The minimum Gasteiger partial charge on any atom is -0.420 e. The molecule has 96 valence electrons. The molecule has 2 aromatic carbocycles. The van der Waals surface area contributed by atoms with Gasteiger partial charge in [-0.2, -0.15) is 0 Å². The molecule has 20 heavy (non-hydrogen) atoms. The van der Waals surface area contributed by atoms with Gasteiger partial charge >= 0.3 is 5.97 Å². The number of esters is 1. The molecule has 2 heterocycles. The van der Waals surface area contributed by atoms with Gasteiger partial charge in [-0.15, -0.1) is 0 Å². The van der Waals surface area contributed by atoms with Crippen LogP contribution in [0.3, 0.4) is 0 Å². The maximum absolute atomic E-state index is 11.6. The zero-order valence-electron chi connectivity index (χ0n) is 10.2. The molecule has 0 bridgehead atoms. The highest BCUT2D eigenvalue weighted by Gasteiger charge is 2.31. The maximum atomic E-state index is 11.6. The number of carbonyl (C=O) groups excluding carboxylic acids is 2. The smallest absolute Gasteiger partial charge is 0.385 e. The molecule has 1 aromatic heterocycles. The predicted molar refractivity (Wildman–Crippen MR) is 71.5 cm³/mol. The number of imidazole rings is 1. The first kappa shape index (κ1) is 10.9. The number of hydrogen-bond donors (Lipinski definition) is 1. The highest BCUT2D eigenvalue weighted by atomic mass is 16.5. The number of aromatic nitrogens is 2. The topological polar surface area (TPSA) is 72.0 Å². The Balaban J connectivity index is 1.87. The lowest BCUT2D eigenvalue weighted by molar-refractivity contribution is -0.128. The van der Waals surface area contributed by atoms with Gasteiger partial charge in [0.25, 0.3) is 5.78 Å². The molecule has 0 aliphatic carbocycles. The molecule has 5 heteroatoms. The van der Waals surface area contributed by atoms with Crippen LogP contribution in [0.15, 0.2) is 42.5 Å². The van der Waals surface area contributed by atoms with E-state index in [1.807, 2.05) is 24.3 Å². The van der Waals surface area contributed by atoms with Crippen molar-refractivity contribution in [1.82, 2.24) is 9.97 Å². The number of ether oxygens (including phenoxy) is 1. The zero-order valence-corrected chi connectivity index (χ0v) is 10.2. The largest absolute Gasteiger partial charge is 0.420 e. The lowest BCUT2D eigenvalue weighted by atomic mass is 10.1. The predicted octanol–water partition coefficient (Wildman–Crippen LogP) is 2.33. The number of carbonyl (C=O) groups is 2. The van der Waals surface area contributed by atoms with E-state index in [1.54, 1.807) is 18.2 Å². The van der Waals surface area contributed by atoms with Crippen molar-refractivity contribution in [3.05, 3.63) is 48.0 Å². The molecule has 0 unspecified atom stereocenters. The molecule has 4 rings (SSSR count). The van der Waals surface area contributed by atoms with E-state index in [-0.39, 0.29) is 5.56 Å². The second-order valence-electron chi connectivity index (χ2n) is 4.53. The Morgan fingerprint density at radius 3 is 2.75 bits per heavy atom. The Kier molecular flexibility index (Phi) is 2.06. The van der Waals surface area contributed by atoms with E-state index in [9.17, 15) is 9.59 Å². The van der Waals surface area contributed by atoms with Crippen LogP contribution >= 0.6 is 0 Å². The van der Waals surface area contributed by atoms with Gasteiger partial charge < -0.3 is 9.72 Å². The molecule has 0 atom stereocenters. The first-order valence-corrected chi connectivity index (χ1v) is 6.08. The van der Waals surface area contributed by atoms with Gasteiger partial charge in [0, 0.05) is 5.56 Å². The number of aromatic amines is 1. The normalized spacial score (nSPS) is 13.6. The van der Waals surface area contributed by atoms with Gasteiger partial charge in [0.15, 0.2) is 0 Å². The fraction of sp³-hybridized carbons (Fsp3) is 0. The van der Waals surface area contributed by atoms with Crippen molar-refractivity contribution in [2.45, 2.75) is 0 Å². The number of hydrogen-bond acceptors (Lipinski definition) is 4. The van der Waals surface area contributed by atoms with Crippen molar-refractivity contribution in [1.29, 1.82) is 0 Å². The number of ketones is 1. The summed E-state index contributed by atoms with van der Waals surface area (Å²) in [5.74, 6) is -0.485. The molecule has 1 aliphatic rings. The molecule has 0 saturated carbocycles. The van der Waals surface area contributed by atoms with Crippen LogP contribution in [-0.2, 0) is 4.79 Å². The third kappa shape index (κ3) is 1.46. The third-order valence-electron chi connectivity index (χ3n) is 3.28. The number of benzene rings is 2. The summed E-state index contributed by atoms with van der Waals surface area (Å²) >= 11 is 0. The Bertz CT molecular complexity index is 847. The Labute approximate surface area is 113 Å². The van der Waals surface area contributed by atoms with E-state index < -0.39 is 11.8 Å². The van der Waals surface area contributed by atoms with Gasteiger partial charge in [-0.1, -0.05) is 12.1 Å². The van der Waals surface area contributed by atoms with Gasteiger partial charge in [0.05, 0.1) is 16.6 Å². The summed E-state index contributed by atoms with van der Waals surface area (Å²) < 4.78 is 4.85. The summed E-state index contributed by atoms with van der Waals surface area (Å²) in [6.45, 7) is 0. The minimum atomic E-state index is -0.832. The van der Waals surface area contributed by atoms with Gasteiger partial charge in [-0.05, 0) is 30.3 Å². The molecule has 1 aliphatic heterocycles. The summed E-state index contributed by atoms with van der Waals surface area (Å²) in [4.78, 5) is 30.5. The van der Waals surface area contributed by atoms with E-state index in [4.69, 9.17) is 4.74 Å². The molecule has 0 saturated heterocycles. The van der Waals surface area contributed by atoms with Crippen LogP contribution < -0.4 is 4.74 Å². The lowest BCUT2D eigenvalue weighted by Gasteiger charge is -1.99. The van der Waals surface area contributed by atoms with Crippen LogP contribution in [0.1, 0.15) is 10.4 Å². The lowest BCUT2D eigenvalue weighted by Crippen LogP contribution is -2.10. The number of H-pyrrole nitrogens is 1. The van der Waals surface area contributed by atoms with E-state index in [2.05, 4.69) is 9.97 Å². The average Bonchev–Trinajstić information content (AvgIpc) is 3.01. The van der Waals surface area contributed by atoms with Crippen LogP contribution in [0, 0.1) is 0 Å². The quantitative estimate of drug-likeness (QED) is 0.416. The molecular weight excluding hydrogens is 256 g/mol. The molecule has 3 aromatic rings. The number of fused-ring (bicyclic) bond motifs is 2. The minimum absolute atomic E-state index is 0.285. The van der Waals surface area contributed by atoms with Crippen molar-refractivity contribution in [3.8, 4) is 17.1 Å². The first-order valence-electron chi connectivity index (χ1n) is 6.08. The van der Waals surface area contributed by atoms with Crippen molar-refractivity contribution < 1.29 is 14.3 Å². The Morgan fingerprint density at radius 1 is 1.05 bits per heavy atom. The molecular formula is C15H8N2O3. The monoisotopic (exact) mass is 264 g/mol. The molecule has 5 nitrogen and oxygen atoms in total. The van der Waals surface area contributed by atoms with Crippen molar-refractivity contribution in [2.24, 2.45) is 0 Å². The Hall–Kier alpha value is -2.95. The maximum Gasteiger partial charge on any atom is 0.385 e. The number of para-hydroxylation sites is 2. The van der Waals surface area contributed by atoms with Crippen molar-refractivity contribution >= 4 is 22.8 Å². The molecule has 0 fully saturated rings. The Morgan fingerprint density at radius 2 is 1.90 bits per heavy atom. The van der Waals surface area contributed by atoms with Crippen LogP contribution in [0.5, 0.6) is 5.75 Å². The summed E-state index contributed by atoms with van der Waals surface area (Å²) in [5.41, 5.74) is 2.79. The average molecular weight is 264 g/mol. The summed E-state index contributed by atoms with van der Waals surface area (Å²) in [5, 5.41) is 0. The highest BCUT2D eigenvalue weighted by molar-refractivity contribution is 6.44. The molecule has 0 spiro atoms. The molecule has 0 amide bonds.